The van der Waals surface area contributed by atoms with Crippen LogP contribution in [0.5, 0.6) is 0 Å². The molecule has 2 heterocycles. The van der Waals surface area contributed by atoms with Gasteiger partial charge >= 0.3 is 0 Å². The lowest BCUT2D eigenvalue weighted by atomic mass is 10.1. The Balaban J connectivity index is 1.60. The summed E-state index contributed by atoms with van der Waals surface area (Å²) in [5.74, 6) is -1.37. The van der Waals surface area contributed by atoms with Crippen molar-refractivity contribution in [3.8, 4) is 0 Å². The van der Waals surface area contributed by atoms with Crippen molar-refractivity contribution in [1.82, 2.24) is 10.2 Å². The Hall–Kier alpha value is -2.50. The van der Waals surface area contributed by atoms with Crippen molar-refractivity contribution < 1.29 is 22.7 Å². The average molecular weight is 507 g/mol. The van der Waals surface area contributed by atoms with Crippen molar-refractivity contribution >= 4 is 38.9 Å². The number of halogens is 1. The second-order valence-electron chi connectivity index (χ2n) is 8.33. The predicted octanol–water partition coefficient (Wildman–Crippen LogP) is 1.05. The van der Waals surface area contributed by atoms with Crippen LogP contribution in [0.25, 0.3) is 0 Å². The highest BCUT2D eigenvalue weighted by Gasteiger charge is 2.36. The summed E-state index contributed by atoms with van der Waals surface area (Å²) < 4.78 is 31.2. The second kappa shape index (κ2) is 10.4. The van der Waals surface area contributed by atoms with Gasteiger partial charge in [0, 0.05) is 36.8 Å². The molecule has 0 aliphatic carbocycles. The SMILES string of the molecule is N[C@H]1CS(=O)(=O)c2ccc(C(=O)NCCN3CCOCC3)cc2N(Cc2ccc(Cl)cc2)C1=O. The largest absolute Gasteiger partial charge is 0.379 e. The topological polar surface area (TPSA) is 122 Å². The van der Waals surface area contributed by atoms with Gasteiger partial charge in [-0.3, -0.25) is 14.5 Å². The molecule has 0 unspecified atom stereocenters. The smallest absolute Gasteiger partial charge is 0.251 e. The van der Waals surface area contributed by atoms with Crippen LogP contribution in [-0.4, -0.2) is 76.3 Å². The van der Waals surface area contributed by atoms with Crippen LogP contribution in [0.15, 0.2) is 47.4 Å². The van der Waals surface area contributed by atoms with Crippen molar-refractivity contribution in [3.05, 3.63) is 58.6 Å². The number of fused-ring (bicyclic) bond motifs is 1. The molecular weight excluding hydrogens is 480 g/mol. The molecule has 11 heteroatoms. The molecule has 1 saturated heterocycles. The van der Waals surface area contributed by atoms with E-state index in [4.69, 9.17) is 22.1 Å². The molecule has 182 valence electrons. The number of anilines is 1. The first-order chi connectivity index (χ1) is 16.2. The zero-order valence-electron chi connectivity index (χ0n) is 18.6. The zero-order valence-corrected chi connectivity index (χ0v) is 20.1. The van der Waals surface area contributed by atoms with Crippen LogP contribution in [-0.2, 0) is 25.9 Å². The molecule has 4 rings (SSSR count). The summed E-state index contributed by atoms with van der Waals surface area (Å²) in [4.78, 5) is 29.4. The maximum atomic E-state index is 13.1. The fourth-order valence-electron chi connectivity index (χ4n) is 4.04. The molecule has 2 amide bonds. The van der Waals surface area contributed by atoms with Crippen LogP contribution in [0.3, 0.4) is 0 Å². The van der Waals surface area contributed by atoms with Gasteiger partial charge in [0.05, 0.1) is 42.1 Å². The van der Waals surface area contributed by atoms with Crippen LogP contribution >= 0.6 is 11.6 Å². The molecule has 0 saturated carbocycles. The van der Waals surface area contributed by atoms with Gasteiger partial charge in [-0.1, -0.05) is 23.7 Å². The molecular formula is C23H27ClN4O5S. The number of hydrogen-bond acceptors (Lipinski definition) is 7. The van der Waals surface area contributed by atoms with Crippen molar-refractivity contribution in [2.75, 3.05) is 50.0 Å². The minimum absolute atomic E-state index is 0.0207. The maximum absolute atomic E-state index is 13.1. The number of nitrogens with one attached hydrogen (secondary N) is 1. The highest BCUT2D eigenvalue weighted by Crippen LogP contribution is 2.32. The quantitative estimate of drug-likeness (QED) is 0.600. The first-order valence-corrected chi connectivity index (χ1v) is 13.0. The summed E-state index contributed by atoms with van der Waals surface area (Å²) >= 11 is 5.96. The van der Waals surface area contributed by atoms with Gasteiger partial charge in [-0.25, -0.2) is 8.42 Å². The van der Waals surface area contributed by atoms with Crippen LogP contribution < -0.4 is 16.0 Å². The summed E-state index contributed by atoms with van der Waals surface area (Å²) in [6.07, 6.45) is 0. The highest BCUT2D eigenvalue weighted by molar-refractivity contribution is 7.91. The fourth-order valence-corrected chi connectivity index (χ4v) is 5.72. The van der Waals surface area contributed by atoms with Crippen molar-refractivity contribution in [1.29, 1.82) is 0 Å². The van der Waals surface area contributed by atoms with Crippen molar-refractivity contribution in [2.24, 2.45) is 5.73 Å². The van der Waals surface area contributed by atoms with Crippen molar-refractivity contribution in [2.45, 2.75) is 17.5 Å². The first kappa shape index (κ1) is 24.6. The first-order valence-electron chi connectivity index (χ1n) is 11.0. The molecule has 1 atom stereocenters. The third-order valence-corrected chi connectivity index (χ3v) is 7.97. The maximum Gasteiger partial charge on any atom is 0.251 e. The van der Waals surface area contributed by atoms with E-state index in [0.29, 0.717) is 31.3 Å². The number of benzene rings is 2. The van der Waals surface area contributed by atoms with Gasteiger partial charge in [-0.05, 0) is 35.9 Å². The molecule has 0 spiro atoms. The normalized spacial score (nSPS) is 20.5. The van der Waals surface area contributed by atoms with Gasteiger partial charge in [-0.2, -0.15) is 0 Å². The molecule has 2 aromatic rings. The van der Waals surface area contributed by atoms with E-state index in [1.807, 2.05) is 0 Å². The Bertz CT molecular complexity index is 1170. The number of hydrogen-bond donors (Lipinski definition) is 2. The lowest BCUT2D eigenvalue weighted by Gasteiger charge is -2.26. The average Bonchev–Trinajstić information content (AvgIpc) is 2.89. The van der Waals surface area contributed by atoms with E-state index in [1.54, 1.807) is 24.3 Å². The van der Waals surface area contributed by atoms with Crippen LogP contribution in [0.4, 0.5) is 5.69 Å². The summed E-state index contributed by atoms with van der Waals surface area (Å²) in [6.45, 7) is 4.19. The van der Waals surface area contributed by atoms with Crippen LogP contribution in [0.2, 0.25) is 5.02 Å². The number of morpholine rings is 1. The molecule has 1 fully saturated rings. The Morgan fingerprint density at radius 1 is 1.15 bits per heavy atom. The van der Waals surface area contributed by atoms with Crippen LogP contribution in [0.1, 0.15) is 15.9 Å². The Morgan fingerprint density at radius 2 is 1.85 bits per heavy atom. The van der Waals surface area contributed by atoms with Gasteiger partial charge in [0.1, 0.15) is 0 Å². The lowest BCUT2D eigenvalue weighted by molar-refractivity contribution is -0.119. The zero-order chi connectivity index (χ0) is 24.3. The molecule has 2 aliphatic rings. The third kappa shape index (κ3) is 5.59. The second-order valence-corrected chi connectivity index (χ2v) is 10.8. The van der Waals surface area contributed by atoms with E-state index in [0.717, 1.165) is 18.7 Å². The van der Waals surface area contributed by atoms with E-state index in [1.165, 1.54) is 23.1 Å². The molecule has 0 bridgehead atoms. The number of carbonyl (C=O) groups is 2. The number of rotatable bonds is 6. The minimum atomic E-state index is -3.83. The van der Waals surface area contributed by atoms with Gasteiger partial charge in [0.25, 0.3) is 5.91 Å². The van der Waals surface area contributed by atoms with Gasteiger partial charge in [-0.15, -0.1) is 0 Å². The van der Waals surface area contributed by atoms with E-state index in [9.17, 15) is 18.0 Å². The van der Waals surface area contributed by atoms with E-state index in [-0.39, 0.29) is 28.6 Å². The number of nitrogens with two attached hydrogens (primary N) is 1. The van der Waals surface area contributed by atoms with E-state index in [2.05, 4.69) is 10.2 Å². The third-order valence-electron chi connectivity index (χ3n) is 5.90. The van der Waals surface area contributed by atoms with Gasteiger partial charge < -0.3 is 20.7 Å². The standard InChI is InChI=1S/C23H27ClN4O5S/c24-18-4-1-16(2-5-18)14-28-20-13-17(22(29)26-7-8-27-9-11-33-12-10-27)3-6-21(20)34(31,32)15-19(25)23(28)30/h1-6,13,19H,7-12,14-15,25H2,(H,26,29)/t19-/m0/s1. The number of ether oxygens (including phenoxy) is 1. The molecule has 0 aromatic heterocycles. The monoisotopic (exact) mass is 506 g/mol. The van der Waals surface area contributed by atoms with Gasteiger partial charge in [0.15, 0.2) is 9.84 Å². The number of nitrogens with zero attached hydrogens (tertiary/aromatic N) is 2. The Morgan fingerprint density at radius 3 is 2.56 bits per heavy atom. The van der Waals surface area contributed by atoms with Crippen molar-refractivity contribution in [3.63, 3.8) is 0 Å². The van der Waals surface area contributed by atoms with Gasteiger partial charge in [0.2, 0.25) is 5.91 Å². The highest BCUT2D eigenvalue weighted by atomic mass is 35.5. The summed E-state index contributed by atoms with van der Waals surface area (Å²) in [7, 11) is -3.83. The molecule has 34 heavy (non-hydrogen) atoms. The van der Waals surface area contributed by atoms with E-state index < -0.39 is 27.5 Å². The number of carbonyl (C=O) groups excluding carboxylic acids is 2. The fraction of sp³-hybridized carbons (Fsp3) is 0.391. The number of amides is 2. The Kier molecular flexibility index (Phi) is 7.54. The molecule has 2 aliphatic heterocycles. The predicted molar refractivity (Wildman–Crippen MR) is 129 cm³/mol. The number of sulfone groups is 1. The molecule has 9 nitrogen and oxygen atoms in total. The Labute approximate surface area is 203 Å². The summed E-state index contributed by atoms with van der Waals surface area (Å²) in [5, 5.41) is 3.41. The van der Waals surface area contributed by atoms with E-state index >= 15 is 0 Å². The summed E-state index contributed by atoms with van der Waals surface area (Å²) in [6, 6.07) is 9.96. The molecule has 0 radical (unpaired) electrons. The summed E-state index contributed by atoms with van der Waals surface area (Å²) in [5.41, 5.74) is 7.11. The van der Waals surface area contributed by atoms with Crippen LogP contribution in [0, 0.1) is 0 Å². The molecule has 3 N–H and O–H groups in total. The molecule has 2 aromatic carbocycles. The minimum Gasteiger partial charge on any atom is -0.379 e. The lowest BCUT2D eigenvalue weighted by Crippen LogP contribution is -2.45.